The lowest BCUT2D eigenvalue weighted by molar-refractivity contribution is 1.56. The highest BCUT2D eigenvalue weighted by molar-refractivity contribution is 5.99. The third-order valence-electron chi connectivity index (χ3n) is 0.948. The second-order valence-corrected chi connectivity index (χ2v) is 1.71. The van der Waals surface area contributed by atoms with Crippen LogP contribution in [-0.2, 0) is 0 Å². The summed E-state index contributed by atoms with van der Waals surface area (Å²) in [6, 6.07) is 0. The van der Waals surface area contributed by atoms with Gasteiger partial charge >= 0.3 is 0 Å². The molecule has 0 aromatic heterocycles. The van der Waals surface area contributed by atoms with Crippen LogP contribution in [0.5, 0.6) is 0 Å². The van der Waals surface area contributed by atoms with Gasteiger partial charge in [-0.25, -0.2) is 0 Å². The van der Waals surface area contributed by atoms with Gasteiger partial charge in [-0.1, -0.05) is 18.2 Å². The minimum Gasteiger partial charge on any atom is -0.261 e. The van der Waals surface area contributed by atoms with Gasteiger partial charge in [0, 0.05) is 11.9 Å². The SMILES string of the molecule is [CH2]C1=N/C=C\C=C/C=C\1. The van der Waals surface area contributed by atoms with Crippen LogP contribution in [0.3, 0.4) is 0 Å². The minimum absolute atomic E-state index is 0.788. The summed E-state index contributed by atoms with van der Waals surface area (Å²) in [6.45, 7) is 3.68. The maximum Gasteiger partial charge on any atom is 0.0407 e. The van der Waals surface area contributed by atoms with Gasteiger partial charge in [0.05, 0.1) is 0 Å². The molecule has 1 aliphatic rings. The summed E-state index contributed by atoms with van der Waals surface area (Å²) in [6.07, 6.45) is 11.2. The Bertz CT molecular complexity index is 195. The first-order valence-corrected chi connectivity index (χ1v) is 2.79. The standard InChI is InChI=1S/C8H8N/c1-8-6-4-2-3-5-7-9-8/h2-7H,1H2/b3-2-,4-2?,5-3?,6-4-,7-5-,8-6?,9-7?,9-8-. The van der Waals surface area contributed by atoms with E-state index in [1.165, 1.54) is 0 Å². The molecule has 45 valence electrons. The third kappa shape index (κ3) is 2.08. The highest BCUT2D eigenvalue weighted by Crippen LogP contribution is 1.89. The van der Waals surface area contributed by atoms with Crippen molar-refractivity contribution in [2.75, 3.05) is 0 Å². The molecule has 0 aromatic carbocycles. The van der Waals surface area contributed by atoms with Crippen molar-refractivity contribution in [3.05, 3.63) is 43.5 Å². The van der Waals surface area contributed by atoms with Gasteiger partial charge < -0.3 is 0 Å². The first-order chi connectivity index (χ1) is 4.39. The third-order valence-corrected chi connectivity index (χ3v) is 0.948. The molecule has 1 aliphatic heterocycles. The quantitative estimate of drug-likeness (QED) is 0.460. The van der Waals surface area contributed by atoms with Crippen LogP contribution < -0.4 is 0 Å². The average molecular weight is 118 g/mol. The van der Waals surface area contributed by atoms with E-state index in [4.69, 9.17) is 0 Å². The van der Waals surface area contributed by atoms with E-state index in [9.17, 15) is 0 Å². The smallest absolute Gasteiger partial charge is 0.0407 e. The molecule has 0 aliphatic carbocycles. The topological polar surface area (TPSA) is 12.4 Å². The molecule has 0 atom stereocenters. The lowest BCUT2D eigenvalue weighted by atomic mass is 10.3. The van der Waals surface area contributed by atoms with E-state index in [1.807, 2.05) is 30.4 Å². The summed E-state index contributed by atoms with van der Waals surface area (Å²) >= 11 is 0. The van der Waals surface area contributed by atoms with Crippen molar-refractivity contribution in [2.45, 2.75) is 0 Å². The van der Waals surface area contributed by atoms with Crippen LogP contribution in [0.1, 0.15) is 0 Å². The summed E-state index contributed by atoms with van der Waals surface area (Å²) in [5.41, 5.74) is 0.788. The van der Waals surface area contributed by atoms with Crippen LogP contribution in [0.4, 0.5) is 0 Å². The van der Waals surface area contributed by atoms with Crippen LogP contribution in [0.25, 0.3) is 0 Å². The number of hydrogen-bond acceptors (Lipinski definition) is 1. The predicted octanol–water partition coefficient (Wildman–Crippen LogP) is 1.90. The van der Waals surface area contributed by atoms with Gasteiger partial charge in [-0.3, -0.25) is 4.99 Å². The summed E-state index contributed by atoms with van der Waals surface area (Å²) in [5.74, 6) is 0. The maximum atomic E-state index is 3.97. The predicted molar refractivity (Wildman–Crippen MR) is 40.2 cm³/mol. The van der Waals surface area contributed by atoms with Crippen molar-refractivity contribution in [3.8, 4) is 0 Å². The van der Waals surface area contributed by atoms with E-state index >= 15 is 0 Å². The van der Waals surface area contributed by atoms with E-state index < -0.39 is 0 Å². The van der Waals surface area contributed by atoms with Gasteiger partial charge in [0.15, 0.2) is 0 Å². The van der Waals surface area contributed by atoms with Crippen molar-refractivity contribution in [1.29, 1.82) is 0 Å². The molecule has 1 nitrogen and oxygen atoms in total. The molecule has 1 rings (SSSR count). The Morgan fingerprint density at radius 3 is 2.78 bits per heavy atom. The van der Waals surface area contributed by atoms with Crippen molar-refractivity contribution in [1.82, 2.24) is 0 Å². The van der Waals surface area contributed by atoms with Gasteiger partial charge in [-0.15, -0.1) is 0 Å². The van der Waals surface area contributed by atoms with E-state index in [-0.39, 0.29) is 0 Å². The Balaban J connectivity index is 2.77. The highest BCUT2D eigenvalue weighted by atomic mass is 14.7. The number of hydrogen-bond donors (Lipinski definition) is 0. The first kappa shape index (κ1) is 6.02. The summed E-state index contributed by atoms with van der Waals surface area (Å²) in [7, 11) is 0. The molecule has 0 unspecified atom stereocenters. The number of rotatable bonds is 0. The fraction of sp³-hybridized carbons (Fsp3) is 0. The van der Waals surface area contributed by atoms with Gasteiger partial charge in [0.25, 0.3) is 0 Å². The van der Waals surface area contributed by atoms with Gasteiger partial charge in [0.1, 0.15) is 0 Å². The van der Waals surface area contributed by atoms with E-state index in [0.717, 1.165) is 5.71 Å². The van der Waals surface area contributed by atoms with E-state index in [2.05, 4.69) is 11.9 Å². The van der Waals surface area contributed by atoms with Gasteiger partial charge in [0.2, 0.25) is 0 Å². The number of aliphatic imine (C=N–C) groups is 1. The molecule has 0 aromatic rings. The van der Waals surface area contributed by atoms with Crippen LogP contribution in [0, 0.1) is 6.92 Å². The highest BCUT2D eigenvalue weighted by Gasteiger charge is 1.78. The summed E-state index contributed by atoms with van der Waals surface area (Å²) in [5, 5.41) is 0. The van der Waals surface area contributed by atoms with Crippen LogP contribution in [0.15, 0.2) is 41.6 Å². The Morgan fingerprint density at radius 2 is 1.89 bits per heavy atom. The lowest BCUT2D eigenvalue weighted by Gasteiger charge is -1.86. The normalized spacial score (nSPS) is 33.2. The van der Waals surface area contributed by atoms with Crippen molar-refractivity contribution >= 4 is 5.71 Å². The molecule has 0 N–H and O–H groups in total. The minimum atomic E-state index is 0.788. The molecular weight excluding hydrogens is 110 g/mol. The second kappa shape index (κ2) is 3.02. The molecule has 0 bridgehead atoms. The van der Waals surface area contributed by atoms with Crippen molar-refractivity contribution < 1.29 is 0 Å². The Labute approximate surface area is 55.1 Å². The molecule has 0 spiro atoms. The molecule has 1 heteroatoms. The fourth-order valence-electron chi connectivity index (χ4n) is 0.526. The zero-order valence-corrected chi connectivity index (χ0v) is 5.12. The number of nitrogens with zero attached hydrogens (tertiary/aromatic N) is 1. The van der Waals surface area contributed by atoms with E-state index in [1.54, 1.807) is 6.20 Å². The molecule has 0 fully saturated rings. The van der Waals surface area contributed by atoms with Crippen LogP contribution in [-0.4, -0.2) is 5.71 Å². The zero-order chi connectivity index (χ0) is 6.53. The monoisotopic (exact) mass is 118 g/mol. The molecule has 9 heavy (non-hydrogen) atoms. The molecule has 0 saturated carbocycles. The number of allylic oxidation sites excluding steroid dienone is 5. The first-order valence-electron chi connectivity index (χ1n) is 2.79. The van der Waals surface area contributed by atoms with Crippen molar-refractivity contribution in [3.63, 3.8) is 0 Å². The molecular formula is C8H8N. The van der Waals surface area contributed by atoms with Crippen LogP contribution in [0.2, 0.25) is 0 Å². The van der Waals surface area contributed by atoms with Crippen molar-refractivity contribution in [2.24, 2.45) is 4.99 Å². The molecule has 1 heterocycles. The summed E-state index contributed by atoms with van der Waals surface area (Å²) < 4.78 is 0. The Kier molecular flexibility index (Phi) is 2.02. The Morgan fingerprint density at radius 1 is 1.11 bits per heavy atom. The lowest BCUT2D eigenvalue weighted by Crippen LogP contribution is -1.82. The largest absolute Gasteiger partial charge is 0.261 e. The Hall–Kier alpha value is -1.11. The fourth-order valence-corrected chi connectivity index (χ4v) is 0.526. The average Bonchev–Trinajstić information content (AvgIpc) is 1.79. The van der Waals surface area contributed by atoms with Crippen LogP contribution >= 0.6 is 0 Å². The molecule has 1 radical (unpaired) electrons. The maximum absolute atomic E-state index is 3.97. The van der Waals surface area contributed by atoms with Gasteiger partial charge in [-0.05, 0) is 19.1 Å². The molecule has 0 saturated heterocycles. The van der Waals surface area contributed by atoms with E-state index in [0.29, 0.717) is 0 Å². The molecule has 0 amide bonds. The zero-order valence-electron chi connectivity index (χ0n) is 5.12. The van der Waals surface area contributed by atoms with Gasteiger partial charge in [-0.2, -0.15) is 0 Å². The second-order valence-electron chi connectivity index (χ2n) is 1.71. The summed E-state index contributed by atoms with van der Waals surface area (Å²) in [4.78, 5) is 3.97.